The summed E-state index contributed by atoms with van der Waals surface area (Å²) in [5.74, 6) is 0.552. The molecule has 78 valence electrons. The molecule has 0 radical (unpaired) electrons. The molecule has 0 unspecified atom stereocenters. The van der Waals surface area contributed by atoms with E-state index in [0.717, 1.165) is 5.56 Å². The van der Waals surface area contributed by atoms with Gasteiger partial charge in [-0.2, -0.15) is 0 Å². The summed E-state index contributed by atoms with van der Waals surface area (Å²) in [4.78, 5) is -0.807. The molecule has 15 heavy (non-hydrogen) atoms. The molecule has 1 heterocycles. The van der Waals surface area contributed by atoms with Gasteiger partial charge >= 0.3 is 0 Å². The first-order valence-corrected chi connectivity index (χ1v) is 5.29. The Morgan fingerprint density at radius 2 is 1.73 bits per heavy atom. The molecule has 2 rings (SSSR count). The normalized spacial score (nSPS) is 10.9. The fourth-order valence-electron chi connectivity index (χ4n) is 1.03. The third-order valence-corrected chi connectivity index (χ3v) is 2.34. The summed E-state index contributed by atoms with van der Waals surface area (Å²) in [5, 5.41) is 8.15. The van der Waals surface area contributed by atoms with Crippen LogP contribution in [-0.2, 0) is 0 Å². The molecule has 0 spiro atoms. The van der Waals surface area contributed by atoms with Crippen molar-refractivity contribution in [2.24, 2.45) is 0 Å². The number of hydrogen-bond donors (Lipinski definition) is 0. The summed E-state index contributed by atoms with van der Waals surface area (Å²) in [5.41, 5.74) is 0.770. The third-order valence-electron chi connectivity index (χ3n) is 1.72. The lowest BCUT2D eigenvalue weighted by atomic mass is 10.2. The number of nitrogens with zero attached hydrogens (tertiary/aromatic N) is 2. The number of benzene rings is 1. The molecule has 0 saturated carbocycles. The lowest BCUT2D eigenvalue weighted by Crippen LogP contribution is -1.79. The van der Waals surface area contributed by atoms with Gasteiger partial charge in [-0.1, -0.05) is 34.8 Å². The Morgan fingerprint density at radius 1 is 1.07 bits per heavy atom. The molecule has 0 aliphatic rings. The van der Waals surface area contributed by atoms with Gasteiger partial charge < -0.3 is 4.42 Å². The van der Waals surface area contributed by atoms with E-state index in [1.807, 2.05) is 0 Å². The molecule has 3 nitrogen and oxygen atoms in total. The SMILES string of the molecule is Clc1ccc(-c2nnc(C(Cl)Cl)o2)cc1. The van der Waals surface area contributed by atoms with E-state index in [1.54, 1.807) is 24.3 Å². The first-order chi connectivity index (χ1) is 7.16. The maximum atomic E-state index is 5.75. The smallest absolute Gasteiger partial charge is 0.249 e. The predicted molar refractivity (Wildman–Crippen MR) is 59.2 cm³/mol. The number of aromatic nitrogens is 2. The fraction of sp³-hybridized carbons (Fsp3) is 0.111. The van der Waals surface area contributed by atoms with Crippen LogP contribution in [-0.4, -0.2) is 10.2 Å². The second-order valence-corrected chi connectivity index (χ2v) is 4.29. The molecule has 1 aromatic carbocycles. The summed E-state index contributed by atoms with van der Waals surface area (Å²) in [6, 6.07) is 7.02. The minimum Gasteiger partial charge on any atom is -0.418 e. The summed E-state index contributed by atoms with van der Waals surface area (Å²) in [6.45, 7) is 0. The number of rotatable bonds is 2. The Labute approximate surface area is 101 Å². The van der Waals surface area contributed by atoms with Crippen molar-refractivity contribution in [2.45, 2.75) is 4.84 Å². The van der Waals surface area contributed by atoms with E-state index in [-0.39, 0.29) is 5.89 Å². The molecule has 0 amide bonds. The van der Waals surface area contributed by atoms with Gasteiger partial charge in [0.2, 0.25) is 11.8 Å². The van der Waals surface area contributed by atoms with Crippen molar-refractivity contribution in [1.29, 1.82) is 0 Å². The van der Waals surface area contributed by atoms with Crippen LogP contribution in [0.15, 0.2) is 28.7 Å². The zero-order valence-corrected chi connectivity index (χ0v) is 9.59. The second kappa shape index (κ2) is 4.39. The van der Waals surface area contributed by atoms with Gasteiger partial charge in [0.05, 0.1) is 0 Å². The summed E-state index contributed by atoms with van der Waals surface area (Å²) >= 11 is 16.9. The van der Waals surface area contributed by atoms with Gasteiger partial charge in [0.15, 0.2) is 4.84 Å². The van der Waals surface area contributed by atoms with Crippen molar-refractivity contribution >= 4 is 34.8 Å². The first kappa shape index (κ1) is 10.7. The number of alkyl halides is 2. The molecule has 1 aromatic heterocycles. The molecule has 6 heteroatoms. The molecule has 0 fully saturated rings. The molecule has 0 aliphatic carbocycles. The highest BCUT2D eigenvalue weighted by molar-refractivity contribution is 6.43. The average molecular weight is 264 g/mol. The van der Waals surface area contributed by atoms with Gasteiger partial charge in [-0.15, -0.1) is 10.2 Å². The third kappa shape index (κ3) is 2.43. The van der Waals surface area contributed by atoms with Gasteiger partial charge in [0.1, 0.15) is 0 Å². The number of hydrogen-bond acceptors (Lipinski definition) is 3. The van der Waals surface area contributed by atoms with Crippen molar-refractivity contribution in [1.82, 2.24) is 10.2 Å². The molecular formula is C9H5Cl3N2O. The summed E-state index contributed by atoms with van der Waals surface area (Å²) in [7, 11) is 0. The first-order valence-electron chi connectivity index (χ1n) is 4.04. The number of halogens is 3. The standard InChI is InChI=1S/C9H5Cl3N2O/c10-6-3-1-5(2-4-6)8-13-14-9(15-8)7(11)12/h1-4,7H. The second-order valence-electron chi connectivity index (χ2n) is 2.75. The quantitative estimate of drug-likeness (QED) is 0.772. The van der Waals surface area contributed by atoms with Crippen molar-refractivity contribution in [3.05, 3.63) is 35.2 Å². The van der Waals surface area contributed by atoms with Gasteiger partial charge in [-0.3, -0.25) is 0 Å². The molecule has 0 N–H and O–H groups in total. The van der Waals surface area contributed by atoms with Crippen LogP contribution < -0.4 is 0 Å². The van der Waals surface area contributed by atoms with Crippen LogP contribution in [0.1, 0.15) is 10.7 Å². The zero-order valence-electron chi connectivity index (χ0n) is 7.32. The summed E-state index contributed by atoms with van der Waals surface area (Å²) < 4.78 is 5.24. The molecule has 0 bridgehead atoms. The minimum absolute atomic E-state index is 0.184. The zero-order chi connectivity index (χ0) is 10.8. The van der Waals surface area contributed by atoms with Crippen molar-refractivity contribution in [2.75, 3.05) is 0 Å². The van der Waals surface area contributed by atoms with E-state index < -0.39 is 4.84 Å². The van der Waals surface area contributed by atoms with E-state index in [9.17, 15) is 0 Å². The van der Waals surface area contributed by atoms with Crippen molar-refractivity contribution in [3.8, 4) is 11.5 Å². The predicted octanol–water partition coefficient (Wildman–Crippen LogP) is 3.87. The van der Waals surface area contributed by atoms with Crippen LogP contribution >= 0.6 is 34.8 Å². The highest BCUT2D eigenvalue weighted by atomic mass is 35.5. The van der Waals surface area contributed by atoms with E-state index in [1.165, 1.54) is 0 Å². The van der Waals surface area contributed by atoms with Gasteiger partial charge in [-0.25, -0.2) is 0 Å². The van der Waals surface area contributed by atoms with Crippen molar-refractivity contribution < 1.29 is 4.42 Å². The van der Waals surface area contributed by atoms with Crippen molar-refractivity contribution in [3.63, 3.8) is 0 Å². The molecular weight excluding hydrogens is 258 g/mol. The van der Waals surface area contributed by atoms with Gasteiger partial charge in [0, 0.05) is 10.6 Å². The lowest BCUT2D eigenvalue weighted by molar-refractivity contribution is 0.523. The average Bonchev–Trinajstić information content (AvgIpc) is 2.68. The largest absolute Gasteiger partial charge is 0.418 e. The fourth-order valence-corrected chi connectivity index (χ4v) is 1.33. The molecule has 2 aromatic rings. The Balaban J connectivity index is 2.33. The van der Waals surface area contributed by atoms with Crippen LogP contribution in [0.4, 0.5) is 0 Å². The van der Waals surface area contributed by atoms with E-state index in [2.05, 4.69) is 10.2 Å². The molecule has 0 atom stereocenters. The monoisotopic (exact) mass is 262 g/mol. The van der Waals surface area contributed by atoms with Crippen LogP contribution in [0.3, 0.4) is 0 Å². The van der Waals surface area contributed by atoms with E-state index in [4.69, 9.17) is 39.2 Å². The van der Waals surface area contributed by atoms with Crippen LogP contribution in [0.25, 0.3) is 11.5 Å². The Hall–Kier alpha value is -0.770. The van der Waals surface area contributed by atoms with Crippen LogP contribution in [0.2, 0.25) is 5.02 Å². The van der Waals surface area contributed by atoms with E-state index >= 15 is 0 Å². The Bertz CT molecular complexity index is 453. The topological polar surface area (TPSA) is 38.9 Å². The van der Waals surface area contributed by atoms with Gasteiger partial charge in [-0.05, 0) is 24.3 Å². The lowest BCUT2D eigenvalue weighted by Gasteiger charge is -1.94. The van der Waals surface area contributed by atoms with Gasteiger partial charge in [0.25, 0.3) is 0 Å². The highest BCUT2D eigenvalue weighted by Gasteiger charge is 2.13. The summed E-state index contributed by atoms with van der Waals surface area (Å²) in [6.07, 6.45) is 0. The maximum Gasteiger partial charge on any atom is 0.249 e. The Kier molecular flexibility index (Phi) is 3.14. The maximum absolute atomic E-state index is 5.75. The van der Waals surface area contributed by atoms with Crippen LogP contribution in [0.5, 0.6) is 0 Å². The Morgan fingerprint density at radius 3 is 2.27 bits per heavy atom. The van der Waals surface area contributed by atoms with Crippen LogP contribution in [0, 0.1) is 0 Å². The molecule has 0 saturated heterocycles. The highest BCUT2D eigenvalue weighted by Crippen LogP contribution is 2.27. The minimum atomic E-state index is -0.807. The van der Waals surface area contributed by atoms with E-state index in [0.29, 0.717) is 10.9 Å². The molecule has 0 aliphatic heterocycles.